The summed E-state index contributed by atoms with van der Waals surface area (Å²) in [5, 5.41) is 0. The maximum atomic E-state index is 12.9. The Hall–Kier alpha value is -3.08. The molecule has 1 unspecified atom stereocenters. The SMILES string of the molecule is COc1ccc2c(c1)C(c1ccccc1)CN(C(=O)n1ccnc1)CC2. The van der Waals surface area contributed by atoms with Gasteiger partial charge >= 0.3 is 6.03 Å². The fraction of sp³-hybridized carbons (Fsp3) is 0.238. The van der Waals surface area contributed by atoms with Gasteiger partial charge < -0.3 is 9.64 Å². The van der Waals surface area contributed by atoms with Crippen LogP contribution < -0.4 is 4.74 Å². The zero-order chi connectivity index (χ0) is 17.9. The number of amides is 1. The van der Waals surface area contributed by atoms with Crippen LogP contribution in [0.25, 0.3) is 0 Å². The number of hydrogen-bond acceptors (Lipinski definition) is 3. The maximum absolute atomic E-state index is 12.9. The van der Waals surface area contributed by atoms with E-state index in [1.807, 2.05) is 29.2 Å². The van der Waals surface area contributed by atoms with Crippen molar-refractivity contribution in [3.63, 3.8) is 0 Å². The molecule has 2 aromatic carbocycles. The first kappa shape index (κ1) is 16.4. The molecule has 132 valence electrons. The number of carbonyl (C=O) groups is 1. The molecule has 0 saturated carbocycles. The van der Waals surface area contributed by atoms with Crippen LogP contribution >= 0.6 is 0 Å². The summed E-state index contributed by atoms with van der Waals surface area (Å²) in [7, 11) is 1.69. The minimum atomic E-state index is -0.0387. The lowest BCUT2D eigenvalue weighted by Gasteiger charge is -2.25. The lowest BCUT2D eigenvalue weighted by Crippen LogP contribution is -2.37. The fourth-order valence-corrected chi connectivity index (χ4v) is 3.60. The first-order valence-electron chi connectivity index (χ1n) is 8.75. The summed E-state index contributed by atoms with van der Waals surface area (Å²) < 4.78 is 6.99. The third-order valence-corrected chi connectivity index (χ3v) is 4.98. The lowest BCUT2D eigenvalue weighted by molar-refractivity contribution is 0.200. The minimum Gasteiger partial charge on any atom is -0.497 e. The highest BCUT2D eigenvalue weighted by atomic mass is 16.5. The Morgan fingerprint density at radius 1 is 1.19 bits per heavy atom. The van der Waals surface area contributed by atoms with Crippen LogP contribution in [-0.4, -0.2) is 40.7 Å². The Balaban J connectivity index is 1.75. The van der Waals surface area contributed by atoms with Gasteiger partial charge in [0, 0.05) is 31.4 Å². The van der Waals surface area contributed by atoms with E-state index in [9.17, 15) is 4.79 Å². The van der Waals surface area contributed by atoms with E-state index in [1.165, 1.54) is 16.7 Å². The zero-order valence-corrected chi connectivity index (χ0v) is 14.7. The van der Waals surface area contributed by atoms with E-state index in [0.717, 1.165) is 12.2 Å². The highest BCUT2D eigenvalue weighted by Gasteiger charge is 2.28. The van der Waals surface area contributed by atoms with E-state index in [2.05, 4.69) is 29.2 Å². The Bertz CT molecular complexity index is 891. The molecule has 3 aromatic rings. The molecule has 1 aliphatic heterocycles. The van der Waals surface area contributed by atoms with Crippen molar-refractivity contribution < 1.29 is 9.53 Å². The smallest absolute Gasteiger partial charge is 0.329 e. The van der Waals surface area contributed by atoms with Crippen LogP contribution in [0.15, 0.2) is 67.3 Å². The quantitative estimate of drug-likeness (QED) is 0.712. The second-order valence-electron chi connectivity index (χ2n) is 6.48. The normalized spacial score (nSPS) is 16.7. The summed E-state index contributed by atoms with van der Waals surface area (Å²) in [4.78, 5) is 18.8. The summed E-state index contributed by atoms with van der Waals surface area (Å²) >= 11 is 0. The molecule has 2 heterocycles. The maximum Gasteiger partial charge on any atom is 0.329 e. The Morgan fingerprint density at radius 3 is 2.77 bits per heavy atom. The predicted molar refractivity (Wildman–Crippen MR) is 99.6 cm³/mol. The van der Waals surface area contributed by atoms with Crippen LogP contribution in [0.3, 0.4) is 0 Å². The minimum absolute atomic E-state index is 0.0387. The highest BCUT2D eigenvalue weighted by Crippen LogP contribution is 2.34. The summed E-state index contributed by atoms with van der Waals surface area (Å²) in [5.41, 5.74) is 3.70. The van der Waals surface area contributed by atoms with Gasteiger partial charge in [-0.2, -0.15) is 0 Å². The average molecular weight is 347 g/mol. The van der Waals surface area contributed by atoms with Crippen molar-refractivity contribution >= 4 is 6.03 Å². The molecule has 26 heavy (non-hydrogen) atoms. The number of nitrogens with zero attached hydrogens (tertiary/aromatic N) is 3. The largest absolute Gasteiger partial charge is 0.497 e. The van der Waals surface area contributed by atoms with Gasteiger partial charge in [-0.1, -0.05) is 36.4 Å². The van der Waals surface area contributed by atoms with Crippen LogP contribution in [0.5, 0.6) is 5.75 Å². The topological polar surface area (TPSA) is 47.4 Å². The number of fused-ring (bicyclic) bond motifs is 1. The highest BCUT2D eigenvalue weighted by molar-refractivity contribution is 5.77. The number of aromatic nitrogens is 2. The molecule has 1 aliphatic rings. The van der Waals surface area contributed by atoms with Crippen molar-refractivity contribution in [1.29, 1.82) is 0 Å². The molecule has 0 N–H and O–H groups in total. The van der Waals surface area contributed by atoms with Crippen molar-refractivity contribution in [2.75, 3.05) is 20.2 Å². The number of benzene rings is 2. The Kier molecular flexibility index (Phi) is 4.44. The van der Waals surface area contributed by atoms with Crippen LogP contribution in [0.1, 0.15) is 22.6 Å². The van der Waals surface area contributed by atoms with Crippen molar-refractivity contribution in [2.45, 2.75) is 12.3 Å². The van der Waals surface area contributed by atoms with Crippen LogP contribution in [0.4, 0.5) is 4.79 Å². The molecular formula is C21H21N3O2. The van der Waals surface area contributed by atoms with Gasteiger partial charge in [0.05, 0.1) is 7.11 Å². The summed E-state index contributed by atoms with van der Waals surface area (Å²) in [6.07, 6.45) is 5.70. The number of rotatable bonds is 2. The van der Waals surface area contributed by atoms with Crippen molar-refractivity contribution in [2.24, 2.45) is 0 Å². The molecule has 0 spiro atoms. The van der Waals surface area contributed by atoms with Crippen molar-refractivity contribution in [1.82, 2.24) is 14.5 Å². The number of methoxy groups -OCH3 is 1. The standard InChI is InChI=1S/C21H21N3O2/c1-26-18-8-7-17-9-11-23(21(25)24-12-10-22-15-24)14-20(19(17)13-18)16-5-3-2-4-6-16/h2-8,10,12-13,15,20H,9,11,14H2,1H3. The molecule has 0 radical (unpaired) electrons. The molecule has 1 aromatic heterocycles. The third-order valence-electron chi connectivity index (χ3n) is 4.98. The monoisotopic (exact) mass is 347 g/mol. The molecule has 0 fully saturated rings. The molecule has 0 aliphatic carbocycles. The molecule has 1 atom stereocenters. The van der Waals surface area contributed by atoms with E-state index in [-0.39, 0.29) is 11.9 Å². The van der Waals surface area contributed by atoms with Gasteiger partial charge in [-0.3, -0.25) is 4.57 Å². The van der Waals surface area contributed by atoms with Gasteiger partial charge in [0.1, 0.15) is 12.1 Å². The predicted octanol–water partition coefficient (Wildman–Crippen LogP) is 3.55. The van der Waals surface area contributed by atoms with E-state index in [1.54, 1.807) is 30.4 Å². The van der Waals surface area contributed by atoms with E-state index < -0.39 is 0 Å². The van der Waals surface area contributed by atoms with Crippen molar-refractivity contribution in [3.05, 3.63) is 83.9 Å². The van der Waals surface area contributed by atoms with Gasteiger partial charge in [0.25, 0.3) is 0 Å². The Morgan fingerprint density at radius 2 is 2.04 bits per heavy atom. The van der Waals surface area contributed by atoms with Crippen LogP contribution in [0.2, 0.25) is 0 Å². The van der Waals surface area contributed by atoms with Crippen LogP contribution in [0, 0.1) is 0 Å². The number of hydrogen-bond donors (Lipinski definition) is 0. The summed E-state index contributed by atoms with van der Waals surface area (Å²) in [5.74, 6) is 0.954. The van der Waals surface area contributed by atoms with Gasteiger partial charge in [-0.15, -0.1) is 0 Å². The lowest BCUT2D eigenvalue weighted by atomic mass is 9.88. The number of ether oxygens (including phenoxy) is 1. The van der Waals surface area contributed by atoms with Gasteiger partial charge in [-0.25, -0.2) is 9.78 Å². The van der Waals surface area contributed by atoms with E-state index in [0.29, 0.717) is 13.1 Å². The first-order chi connectivity index (χ1) is 12.8. The summed E-state index contributed by atoms with van der Waals surface area (Å²) in [6.45, 7) is 1.31. The zero-order valence-electron chi connectivity index (χ0n) is 14.7. The fourth-order valence-electron chi connectivity index (χ4n) is 3.60. The average Bonchev–Trinajstić information content (AvgIpc) is 3.16. The van der Waals surface area contributed by atoms with Crippen molar-refractivity contribution in [3.8, 4) is 5.75 Å². The second kappa shape index (κ2) is 7.04. The Labute approximate surface area is 152 Å². The number of carbonyl (C=O) groups excluding carboxylic acids is 1. The second-order valence-corrected chi connectivity index (χ2v) is 6.48. The third kappa shape index (κ3) is 3.08. The van der Waals surface area contributed by atoms with E-state index >= 15 is 0 Å². The molecular weight excluding hydrogens is 326 g/mol. The van der Waals surface area contributed by atoms with Crippen LogP contribution in [-0.2, 0) is 6.42 Å². The molecule has 1 amide bonds. The first-order valence-corrected chi connectivity index (χ1v) is 8.75. The van der Waals surface area contributed by atoms with Gasteiger partial charge in [0.2, 0.25) is 0 Å². The number of imidazole rings is 1. The molecule has 4 rings (SSSR count). The molecule has 0 saturated heterocycles. The molecule has 5 nitrogen and oxygen atoms in total. The summed E-state index contributed by atoms with van der Waals surface area (Å²) in [6, 6.07) is 16.5. The van der Waals surface area contributed by atoms with Gasteiger partial charge in [0.15, 0.2) is 0 Å². The van der Waals surface area contributed by atoms with Gasteiger partial charge in [-0.05, 0) is 35.2 Å². The molecule has 5 heteroatoms. The molecule has 0 bridgehead atoms. The van der Waals surface area contributed by atoms with E-state index in [4.69, 9.17) is 4.74 Å².